The molecule has 0 amide bonds. The summed E-state index contributed by atoms with van der Waals surface area (Å²) in [5, 5.41) is 7.44. The van der Waals surface area contributed by atoms with E-state index in [0.29, 0.717) is 28.0 Å². The smallest absolute Gasteiger partial charge is 0.170 e. The number of thioether (sulfide) groups is 1. The summed E-state index contributed by atoms with van der Waals surface area (Å²) in [7, 11) is 0. The number of hydrogen-bond donors (Lipinski definition) is 2. The van der Waals surface area contributed by atoms with E-state index in [9.17, 15) is 4.39 Å². The normalized spacial score (nSPS) is 10.5. The number of hydrogen-bond acceptors (Lipinski definition) is 2. The second-order valence-electron chi connectivity index (χ2n) is 5.45. The van der Waals surface area contributed by atoms with E-state index < -0.39 is 0 Å². The second-order valence-corrected chi connectivity index (χ2v) is 7.37. The van der Waals surface area contributed by atoms with Crippen molar-refractivity contribution in [2.24, 2.45) is 0 Å². The molecule has 0 aromatic heterocycles. The average molecular weight is 383 g/mol. The Morgan fingerprint density at radius 2 is 2.04 bits per heavy atom. The molecule has 2 N–H and O–H groups in total. The third-order valence-electron chi connectivity index (χ3n) is 3.48. The Morgan fingerprint density at radius 1 is 1.25 bits per heavy atom. The maximum absolute atomic E-state index is 13.7. The summed E-state index contributed by atoms with van der Waals surface area (Å²) in [4.78, 5) is 0. The van der Waals surface area contributed by atoms with Gasteiger partial charge in [0, 0.05) is 34.3 Å². The zero-order chi connectivity index (χ0) is 17.5. The van der Waals surface area contributed by atoms with Gasteiger partial charge in [-0.15, -0.1) is 0 Å². The molecule has 0 unspecified atom stereocenters. The van der Waals surface area contributed by atoms with E-state index in [0.717, 1.165) is 17.0 Å². The molecular weight excluding hydrogens is 363 g/mol. The van der Waals surface area contributed by atoms with Gasteiger partial charge in [0.15, 0.2) is 5.11 Å². The van der Waals surface area contributed by atoms with E-state index in [1.165, 1.54) is 11.6 Å². The number of nitrogens with one attached hydrogen (secondary N) is 2. The number of rotatable bonds is 6. The lowest BCUT2D eigenvalue weighted by Crippen LogP contribution is -2.30. The van der Waals surface area contributed by atoms with Gasteiger partial charge in [0.2, 0.25) is 0 Å². The van der Waals surface area contributed by atoms with Crippen molar-refractivity contribution in [1.29, 1.82) is 0 Å². The molecule has 0 spiro atoms. The molecule has 0 saturated heterocycles. The molecule has 24 heavy (non-hydrogen) atoms. The first-order valence-electron chi connectivity index (χ1n) is 7.60. The first-order valence-corrected chi connectivity index (χ1v) is 9.54. The molecule has 0 radical (unpaired) electrons. The molecule has 2 aromatic rings. The van der Waals surface area contributed by atoms with Gasteiger partial charge >= 0.3 is 0 Å². The lowest BCUT2D eigenvalue weighted by atomic mass is 10.1. The van der Waals surface area contributed by atoms with Crippen molar-refractivity contribution in [3.8, 4) is 0 Å². The van der Waals surface area contributed by atoms with E-state index in [4.69, 9.17) is 23.8 Å². The van der Waals surface area contributed by atoms with Crippen molar-refractivity contribution < 1.29 is 4.39 Å². The van der Waals surface area contributed by atoms with Crippen LogP contribution in [0.15, 0.2) is 36.4 Å². The molecule has 0 aliphatic rings. The number of halogens is 2. The molecule has 128 valence electrons. The predicted octanol–water partition coefficient (Wildman–Crippen LogP) is 5.32. The molecule has 6 heteroatoms. The van der Waals surface area contributed by atoms with Gasteiger partial charge < -0.3 is 10.6 Å². The Kier molecular flexibility index (Phi) is 7.34. The largest absolute Gasteiger partial charge is 0.362 e. The number of anilines is 1. The van der Waals surface area contributed by atoms with Crippen molar-refractivity contribution in [3.05, 3.63) is 63.9 Å². The SMILES string of the molecule is Cc1ccc(C)c(NC(=S)NCCSCc2c(F)cccc2Cl)c1. The maximum Gasteiger partial charge on any atom is 0.170 e. The lowest BCUT2D eigenvalue weighted by molar-refractivity contribution is 0.617. The summed E-state index contributed by atoms with van der Waals surface area (Å²) in [5.74, 6) is 1.10. The highest BCUT2D eigenvalue weighted by Gasteiger charge is 2.06. The highest BCUT2D eigenvalue weighted by atomic mass is 35.5. The fourth-order valence-electron chi connectivity index (χ4n) is 2.12. The van der Waals surface area contributed by atoms with Crippen molar-refractivity contribution in [2.75, 3.05) is 17.6 Å². The lowest BCUT2D eigenvalue weighted by Gasteiger charge is -2.13. The fourth-order valence-corrected chi connectivity index (χ4v) is 3.53. The molecule has 2 nitrogen and oxygen atoms in total. The van der Waals surface area contributed by atoms with Gasteiger partial charge in [-0.2, -0.15) is 11.8 Å². The molecular formula is C18H20ClFN2S2. The van der Waals surface area contributed by atoms with Crippen LogP contribution in [0.1, 0.15) is 16.7 Å². The van der Waals surface area contributed by atoms with E-state index in [-0.39, 0.29) is 5.82 Å². The van der Waals surface area contributed by atoms with Crippen LogP contribution < -0.4 is 10.6 Å². The van der Waals surface area contributed by atoms with Gasteiger partial charge in [0.1, 0.15) is 5.82 Å². The molecule has 0 atom stereocenters. The monoisotopic (exact) mass is 382 g/mol. The quantitative estimate of drug-likeness (QED) is 0.521. The summed E-state index contributed by atoms with van der Waals surface area (Å²) in [5.41, 5.74) is 3.90. The Morgan fingerprint density at radius 3 is 2.79 bits per heavy atom. The van der Waals surface area contributed by atoms with Crippen LogP contribution in [0.5, 0.6) is 0 Å². The summed E-state index contributed by atoms with van der Waals surface area (Å²) < 4.78 is 13.7. The van der Waals surface area contributed by atoms with Gasteiger partial charge in [-0.25, -0.2) is 4.39 Å². The van der Waals surface area contributed by atoms with Crippen LogP contribution in [0.4, 0.5) is 10.1 Å². The van der Waals surface area contributed by atoms with Gasteiger partial charge in [0.25, 0.3) is 0 Å². The summed E-state index contributed by atoms with van der Waals surface area (Å²) >= 11 is 12.9. The van der Waals surface area contributed by atoms with Crippen LogP contribution in [0.2, 0.25) is 5.02 Å². The van der Waals surface area contributed by atoms with E-state index in [1.807, 2.05) is 13.8 Å². The third-order valence-corrected chi connectivity index (χ3v) is 5.07. The second kappa shape index (κ2) is 9.25. The number of thiocarbonyl (C=S) groups is 1. The molecule has 0 heterocycles. The molecule has 2 aromatic carbocycles. The number of aryl methyl sites for hydroxylation is 2. The van der Waals surface area contributed by atoms with Gasteiger partial charge in [-0.05, 0) is 55.4 Å². The zero-order valence-corrected chi connectivity index (χ0v) is 16.0. The average Bonchev–Trinajstić information content (AvgIpc) is 2.53. The van der Waals surface area contributed by atoms with E-state index >= 15 is 0 Å². The first kappa shape index (κ1) is 19.0. The van der Waals surface area contributed by atoms with Gasteiger partial charge in [-0.3, -0.25) is 0 Å². The zero-order valence-electron chi connectivity index (χ0n) is 13.7. The fraction of sp³-hybridized carbons (Fsp3) is 0.278. The Hall–Kier alpha value is -1.30. The molecule has 2 rings (SSSR count). The highest BCUT2D eigenvalue weighted by molar-refractivity contribution is 7.98. The van der Waals surface area contributed by atoms with Crippen LogP contribution in [0, 0.1) is 19.7 Å². The van der Waals surface area contributed by atoms with Crippen molar-refractivity contribution in [3.63, 3.8) is 0 Å². The van der Waals surface area contributed by atoms with E-state index in [2.05, 4.69) is 28.8 Å². The van der Waals surface area contributed by atoms with Crippen LogP contribution in [-0.2, 0) is 5.75 Å². The van der Waals surface area contributed by atoms with Crippen molar-refractivity contribution >= 4 is 46.4 Å². The first-order chi connectivity index (χ1) is 11.5. The minimum atomic E-state index is -0.255. The van der Waals surface area contributed by atoms with Crippen LogP contribution in [0.3, 0.4) is 0 Å². The van der Waals surface area contributed by atoms with Crippen LogP contribution in [0.25, 0.3) is 0 Å². The summed E-state index contributed by atoms with van der Waals surface area (Å²) in [6.45, 7) is 4.79. The van der Waals surface area contributed by atoms with E-state index in [1.54, 1.807) is 23.9 Å². The minimum Gasteiger partial charge on any atom is -0.362 e. The molecule has 0 aliphatic carbocycles. The Balaban J connectivity index is 1.72. The molecule has 0 fully saturated rings. The summed E-state index contributed by atoms with van der Waals surface area (Å²) in [6, 6.07) is 11.0. The molecule has 0 aliphatic heterocycles. The summed E-state index contributed by atoms with van der Waals surface area (Å²) in [6.07, 6.45) is 0. The topological polar surface area (TPSA) is 24.1 Å². The highest BCUT2D eigenvalue weighted by Crippen LogP contribution is 2.23. The minimum absolute atomic E-state index is 0.255. The Labute approximate surface area is 157 Å². The Bertz CT molecular complexity index is 702. The van der Waals surface area contributed by atoms with Crippen molar-refractivity contribution in [1.82, 2.24) is 5.32 Å². The molecule has 0 saturated carbocycles. The maximum atomic E-state index is 13.7. The standard InChI is InChI=1S/C18H20ClFN2S2/c1-12-6-7-13(2)17(10-12)22-18(23)21-8-9-24-11-14-15(19)4-3-5-16(14)20/h3-7,10H,8-9,11H2,1-2H3,(H2,21,22,23). The van der Waals surface area contributed by atoms with Crippen molar-refractivity contribution in [2.45, 2.75) is 19.6 Å². The molecule has 0 bridgehead atoms. The van der Waals surface area contributed by atoms with Gasteiger partial charge in [0.05, 0.1) is 0 Å². The van der Waals surface area contributed by atoms with Gasteiger partial charge in [-0.1, -0.05) is 29.8 Å². The van der Waals surface area contributed by atoms with Crippen LogP contribution >= 0.6 is 35.6 Å². The third kappa shape index (κ3) is 5.65. The van der Waals surface area contributed by atoms with Crippen LogP contribution in [-0.4, -0.2) is 17.4 Å². The number of benzene rings is 2. The predicted molar refractivity (Wildman–Crippen MR) is 108 cm³/mol.